The third-order valence-corrected chi connectivity index (χ3v) is 3.97. The van der Waals surface area contributed by atoms with Crippen LogP contribution in [-0.4, -0.2) is 34.0 Å². The minimum absolute atomic E-state index is 0.281. The van der Waals surface area contributed by atoms with Crippen LogP contribution in [0.5, 0.6) is 0 Å². The van der Waals surface area contributed by atoms with E-state index in [4.69, 9.17) is 5.11 Å². The van der Waals surface area contributed by atoms with Gasteiger partial charge in [0.15, 0.2) is 0 Å². The SMILES string of the molecule is C[C@@H](CO)SC1NCCS1. The first-order chi connectivity index (χ1) is 4.83. The van der Waals surface area contributed by atoms with Crippen molar-refractivity contribution in [2.45, 2.75) is 16.9 Å². The van der Waals surface area contributed by atoms with Crippen LogP contribution >= 0.6 is 23.5 Å². The largest absolute Gasteiger partial charge is 0.395 e. The molecule has 0 bridgehead atoms. The molecule has 1 heterocycles. The number of rotatable bonds is 3. The van der Waals surface area contributed by atoms with Crippen molar-refractivity contribution < 1.29 is 5.11 Å². The summed E-state index contributed by atoms with van der Waals surface area (Å²) in [6.07, 6.45) is 0. The third-order valence-electron chi connectivity index (χ3n) is 1.30. The lowest BCUT2D eigenvalue weighted by atomic mass is 10.5. The summed E-state index contributed by atoms with van der Waals surface area (Å²) in [6.45, 7) is 3.44. The van der Waals surface area contributed by atoms with Crippen molar-refractivity contribution in [3.8, 4) is 0 Å². The van der Waals surface area contributed by atoms with Gasteiger partial charge < -0.3 is 5.11 Å². The molecule has 1 fully saturated rings. The van der Waals surface area contributed by atoms with Gasteiger partial charge in [0.1, 0.15) is 4.71 Å². The van der Waals surface area contributed by atoms with Crippen LogP contribution in [0.3, 0.4) is 0 Å². The third kappa shape index (κ3) is 2.70. The molecule has 0 aliphatic carbocycles. The zero-order chi connectivity index (χ0) is 7.40. The number of aliphatic hydroxyl groups is 1. The molecular weight excluding hydrogens is 166 g/mol. The summed E-state index contributed by atoms with van der Waals surface area (Å²) in [5.41, 5.74) is 0. The van der Waals surface area contributed by atoms with Gasteiger partial charge in [-0.15, -0.1) is 23.5 Å². The second kappa shape index (κ2) is 4.49. The van der Waals surface area contributed by atoms with Crippen LogP contribution in [0, 0.1) is 0 Å². The molecule has 0 radical (unpaired) electrons. The Balaban J connectivity index is 2.11. The predicted molar refractivity (Wildman–Crippen MR) is 48.4 cm³/mol. The van der Waals surface area contributed by atoms with Crippen LogP contribution in [0.15, 0.2) is 0 Å². The van der Waals surface area contributed by atoms with Crippen LogP contribution in [0.4, 0.5) is 0 Å². The number of hydrogen-bond donors (Lipinski definition) is 2. The maximum absolute atomic E-state index is 8.74. The van der Waals surface area contributed by atoms with Gasteiger partial charge in [-0.25, -0.2) is 0 Å². The van der Waals surface area contributed by atoms with E-state index in [9.17, 15) is 0 Å². The molecular formula is C6H13NOS2. The van der Waals surface area contributed by atoms with Gasteiger partial charge in [-0.3, -0.25) is 5.32 Å². The first-order valence-electron chi connectivity index (χ1n) is 3.44. The minimum Gasteiger partial charge on any atom is -0.395 e. The topological polar surface area (TPSA) is 32.3 Å². The highest BCUT2D eigenvalue weighted by Gasteiger charge is 2.17. The fraction of sp³-hybridized carbons (Fsp3) is 1.00. The number of aliphatic hydroxyl groups excluding tert-OH is 1. The Hall–Kier alpha value is 0.620. The molecule has 0 saturated carbocycles. The summed E-state index contributed by atoms with van der Waals surface area (Å²) in [5, 5.41) is 12.4. The number of nitrogens with one attached hydrogen (secondary N) is 1. The van der Waals surface area contributed by atoms with E-state index in [0.717, 1.165) is 6.54 Å². The van der Waals surface area contributed by atoms with Crippen LogP contribution in [0.25, 0.3) is 0 Å². The molecule has 0 aromatic rings. The molecule has 1 aliphatic rings. The lowest BCUT2D eigenvalue weighted by Gasteiger charge is -2.12. The van der Waals surface area contributed by atoms with Crippen LogP contribution < -0.4 is 5.32 Å². The van der Waals surface area contributed by atoms with Crippen molar-refractivity contribution in [1.82, 2.24) is 5.32 Å². The van der Waals surface area contributed by atoms with Crippen molar-refractivity contribution in [2.24, 2.45) is 0 Å². The summed E-state index contributed by atoms with van der Waals surface area (Å²) < 4.78 is 0.516. The molecule has 2 nitrogen and oxygen atoms in total. The highest BCUT2D eigenvalue weighted by atomic mass is 32.2. The maximum Gasteiger partial charge on any atom is 0.101 e. The van der Waals surface area contributed by atoms with E-state index in [-0.39, 0.29) is 6.61 Å². The molecule has 1 aliphatic heterocycles. The van der Waals surface area contributed by atoms with Gasteiger partial charge in [0.2, 0.25) is 0 Å². The van der Waals surface area contributed by atoms with E-state index in [0.29, 0.717) is 9.96 Å². The average Bonchev–Trinajstić information content (AvgIpc) is 2.40. The molecule has 0 aromatic carbocycles. The zero-order valence-electron chi connectivity index (χ0n) is 6.04. The molecule has 2 N–H and O–H groups in total. The fourth-order valence-electron chi connectivity index (χ4n) is 0.743. The van der Waals surface area contributed by atoms with E-state index in [1.165, 1.54) is 5.75 Å². The monoisotopic (exact) mass is 179 g/mol. The summed E-state index contributed by atoms with van der Waals surface area (Å²) in [6, 6.07) is 0. The molecule has 0 amide bonds. The lowest BCUT2D eigenvalue weighted by Crippen LogP contribution is -2.19. The van der Waals surface area contributed by atoms with E-state index in [1.807, 2.05) is 30.4 Å². The summed E-state index contributed by atoms with van der Waals surface area (Å²) in [5.74, 6) is 1.20. The Kier molecular flexibility index (Phi) is 3.91. The Labute approximate surface area is 70.1 Å². The molecule has 10 heavy (non-hydrogen) atoms. The number of thioether (sulfide) groups is 2. The molecule has 4 heteroatoms. The van der Waals surface area contributed by atoms with Gasteiger partial charge in [0.25, 0.3) is 0 Å². The van der Waals surface area contributed by atoms with Gasteiger partial charge in [-0.2, -0.15) is 0 Å². The molecule has 1 unspecified atom stereocenters. The first kappa shape index (κ1) is 8.71. The van der Waals surface area contributed by atoms with Crippen LogP contribution in [-0.2, 0) is 0 Å². The van der Waals surface area contributed by atoms with Gasteiger partial charge >= 0.3 is 0 Å². The smallest absolute Gasteiger partial charge is 0.101 e. The van der Waals surface area contributed by atoms with E-state index < -0.39 is 0 Å². The van der Waals surface area contributed by atoms with E-state index >= 15 is 0 Å². The lowest BCUT2D eigenvalue weighted by molar-refractivity contribution is 0.300. The van der Waals surface area contributed by atoms with Crippen molar-refractivity contribution >= 4 is 23.5 Å². The molecule has 1 saturated heterocycles. The van der Waals surface area contributed by atoms with Gasteiger partial charge in [0, 0.05) is 17.5 Å². The normalized spacial score (nSPS) is 28.8. The van der Waals surface area contributed by atoms with Crippen molar-refractivity contribution in [1.29, 1.82) is 0 Å². The second-order valence-electron chi connectivity index (χ2n) is 2.29. The Morgan fingerprint density at radius 2 is 2.70 bits per heavy atom. The Bertz CT molecular complexity index is 95.7. The van der Waals surface area contributed by atoms with Crippen molar-refractivity contribution in [3.63, 3.8) is 0 Å². The first-order valence-corrected chi connectivity index (χ1v) is 5.43. The van der Waals surface area contributed by atoms with E-state index in [1.54, 1.807) is 0 Å². The minimum atomic E-state index is 0.281. The Morgan fingerprint density at radius 3 is 3.20 bits per heavy atom. The van der Waals surface area contributed by atoms with Gasteiger partial charge in [-0.05, 0) is 0 Å². The Morgan fingerprint density at radius 1 is 1.90 bits per heavy atom. The highest BCUT2D eigenvalue weighted by molar-refractivity contribution is 8.17. The summed E-state index contributed by atoms with van der Waals surface area (Å²) >= 11 is 3.74. The average molecular weight is 179 g/mol. The molecule has 0 spiro atoms. The molecule has 2 atom stereocenters. The molecule has 1 rings (SSSR count). The zero-order valence-corrected chi connectivity index (χ0v) is 7.67. The van der Waals surface area contributed by atoms with Crippen LogP contribution in [0.2, 0.25) is 0 Å². The number of hydrogen-bond acceptors (Lipinski definition) is 4. The maximum atomic E-state index is 8.74. The summed E-state index contributed by atoms with van der Waals surface area (Å²) in [7, 11) is 0. The molecule has 60 valence electrons. The fourth-order valence-corrected chi connectivity index (χ4v) is 3.32. The predicted octanol–water partition coefficient (Wildman–Crippen LogP) is 0.720. The highest BCUT2D eigenvalue weighted by Crippen LogP contribution is 2.27. The van der Waals surface area contributed by atoms with E-state index in [2.05, 4.69) is 5.32 Å². The second-order valence-corrected chi connectivity index (χ2v) is 5.35. The summed E-state index contributed by atoms with van der Waals surface area (Å²) in [4.78, 5) is 0. The molecule has 0 aromatic heterocycles. The van der Waals surface area contributed by atoms with Crippen molar-refractivity contribution in [3.05, 3.63) is 0 Å². The standard InChI is InChI=1S/C6H13NOS2/c1-5(4-8)10-6-7-2-3-9-6/h5-8H,2-4H2,1H3/t5-,6?/m0/s1. The van der Waals surface area contributed by atoms with Crippen molar-refractivity contribution in [2.75, 3.05) is 18.9 Å². The van der Waals surface area contributed by atoms with Crippen LogP contribution in [0.1, 0.15) is 6.92 Å². The quantitative estimate of drug-likeness (QED) is 0.669. The van der Waals surface area contributed by atoms with Gasteiger partial charge in [-0.1, -0.05) is 6.92 Å². The van der Waals surface area contributed by atoms with Gasteiger partial charge in [0.05, 0.1) is 6.61 Å².